The molecule has 0 aliphatic carbocycles. The topological polar surface area (TPSA) is 190 Å². The summed E-state index contributed by atoms with van der Waals surface area (Å²) >= 11 is 0. The lowest BCUT2D eigenvalue weighted by molar-refractivity contribution is -0.178. The average molecular weight is 1380 g/mol. The molecule has 4 bridgehead atoms. The number of carbonyl (C=O) groups excluding carboxylic acids is 6. The van der Waals surface area contributed by atoms with Crippen LogP contribution in [-0.4, -0.2) is 158 Å². The number of rotatable bonds is 18. The van der Waals surface area contributed by atoms with Crippen molar-refractivity contribution >= 4 is 57.5 Å². The molecular weight excluding hydrogens is 1260 g/mol. The molecule has 6 aromatic rings. The second kappa shape index (κ2) is 27.3. The molecule has 10 atom stereocenters. The second-order valence-electron chi connectivity index (χ2n) is 35.9. The van der Waals surface area contributed by atoms with Crippen LogP contribution in [0.5, 0.6) is 0 Å². The number of aryl methyl sites for hydroxylation is 2. The highest BCUT2D eigenvalue weighted by Gasteiger charge is 2.58. The summed E-state index contributed by atoms with van der Waals surface area (Å²) in [6.07, 6.45) is 9.29. The van der Waals surface area contributed by atoms with Gasteiger partial charge in [-0.05, 0) is 194 Å². The minimum absolute atomic E-state index is 0.207. The minimum Gasteiger partial charge on any atom is -0.342 e. The van der Waals surface area contributed by atoms with E-state index in [0.29, 0.717) is 61.9 Å². The van der Waals surface area contributed by atoms with Gasteiger partial charge < -0.3 is 34.9 Å². The third kappa shape index (κ3) is 14.4. The molecule has 0 saturated carbocycles. The number of aromatic nitrogens is 4. The van der Waals surface area contributed by atoms with Gasteiger partial charge >= 0.3 is 0 Å². The Morgan fingerprint density at radius 3 is 1.09 bits per heavy atom. The molecule has 6 amide bonds. The summed E-state index contributed by atoms with van der Waals surface area (Å²) < 4.78 is 4.96. The molecule has 8 heterocycles. The van der Waals surface area contributed by atoms with Crippen LogP contribution in [0.15, 0.2) is 109 Å². The fourth-order valence-corrected chi connectivity index (χ4v) is 18.6. The van der Waals surface area contributed by atoms with Crippen molar-refractivity contribution in [3.63, 3.8) is 0 Å². The number of nitrogens with zero attached hydrogens (tertiary/aromatic N) is 9. The highest BCUT2D eigenvalue weighted by molar-refractivity contribution is 5.96. The fraction of sp³-hybridized carbons (Fsp3) is 0.614. The zero-order valence-corrected chi connectivity index (χ0v) is 63.7. The maximum atomic E-state index is 17.5. The second-order valence-corrected chi connectivity index (χ2v) is 35.9. The lowest BCUT2D eigenvalue weighted by Gasteiger charge is -2.59. The van der Waals surface area contributed by atoms with Crippen molar-refractivity contribution in [2.24, 2.45) is 16.2 Å². The molecule has 6 aliphatic heterocycles. The third-order valence-corrected chi connectivity index (χ3v) is 24.3. The number of para-hydroxylation sites is 4. The van der Waals surface area contributed by atoms with Gasteiger partial charge in [0.2, 0.25) is 29.5 Å². The van der Waals surface area contributed by atoms with Gasteiger partial charge in [0.25, 0.3) is 5.91 Å². The van der Waals surface area contributed by atoms with E-state index in [-0.39, 0.29) is 55.5 Å². The monoisotopic (exact) mass is 1380 g/mol. The van der Waals surface area contributed by atoms with Gasteiger partial charge in [-0.3, -0.25) is 43.5 Å². The van der Waals surface area contributed by atoms with Crippen LogP contribution in [0.2, 0.25) is 0 Å². The van der Waals surface area contributed by atoms with Crippen LogP contribution in [0.1, 0.15) is 229 Å². The molecule has 18 nitrogen and oxygen atoms in total. The molecular formula is C83H116N12O6. The van der Waals surface area contributed by atoms with Crippen molar-refractivity contribution in [1.82, 2.24) is 59.6 Å². The predicted molar refractivity (Wildman–Crippen MR) is 399 cm³/mol. The summed E-state index contributed by atoms with van der Waals surface area (Å²) in [6.45, 7) is 33.3. The van der Waals surface area contributed by atoms with E-state index in [9.17, 15) is 14.4 Å². The normalized spacial score (nSPS) is 26.3. The largest absolute Gasteiger partial charge is 0.342 e. The molecule has 0 spiro atoms. The van der Waals surface area contributed by atoms with Crippen LogP contribution in [-0.2, 0) is 39.6 Å². The van der Waals surface area contributed by atoms with Crippen LogP contribution in [0.4, 0.5) is 0 Å². The summed E-state index contributed by atoms with van der Waals surface area (Å²) in [5.74, 6) is -0.0248. The summed E-state index contributed by atoms with van der Waals surface area (Å²) in [4.78, 5) is 115. The molecule has 6 aliphatic rings. The van der Waals surface area contributed by atoms with Gasteiger partial charge in [-0.25, -0.2) is 9.97 Å². The van der Waals surface area contributed by atoms with Gasteiger partial charge in [-0.15, -0.1) is 0 Å². The van der Waals surface area contributed by atoms with Gasteiger partial charge in [0.05, 0.1) is 22.1 Å². The molecule has 3 N–H and O–H groups in total. The number of amides is 6. The Balaban J connectivity index is 0.996. The van der Waals surface area contributed by atoms with E-state index < -0.39 is 61.9 Å². The lowest BCUT2D eigenvalue weighted by atomic mass is 9.67. The Morgan fingerprint density at radius 2 is 0.752 bits per heavy atom. The third-order valence-electron chi connectivity index (χ3n) is 24.3. The number of imidazole rings is 2. The zero-order valence-electron chi connectivity index (χ0n) is 63.7. The van der Waals surface area contributed by atoms with Gasteiger partial charge in [0.15, 0.2) is 0 Å². The summed E-state index contributed by atoms with van der Waals surface area (Å²) in [6, 6.07) is 40.2. The van der Waals surface area contributed by atoms with Crippen molar-refractivity contribution in [3.05, 3.63) is 132 Å². The number of hydrogen-bond donors (Lipinski definition) is 3. The number of nitrogens with one attached hydrogen (secondary N) is 3. The Kier molecular flexibility index (Phi) is 19.8. The summed E-state index contributed by atoms with van der Waals surface area (Å²) in [7, 11) is 0. The highest BCUT2D eigenvalue weighted by atomic mass is 16.2. The molecule has 12 rings (SSSR count). The van der Waals surface area contributed by atoms with E-state index in [0.717, 1.165) is 98.3 Å². The molecule has 6 unspecified atom stereocenters. The van der Waals surface area contributed by atoms with E-state index in [2.05, 4.69) is 146 Å². The summed E-state index contributed by atoms with van der Waals surface area (Å²) in [5, 5.41) is 9.59. The molecule has 0 radical (unpaired) electrons. The SMILES string of the molecule is Cc1nc2ccccc2n1C1C[C@H]2CC[C@@H](C1)N2CCC1(c2ccccc2)CCN(C(=O)C(C)(C)NC(=O)C(C)(C)C)C(N(C(=O)C(C)(C)NC(=O)C(C)(C)C)C2CC(CCN3[C@@H]4CC[C@H]3CC(n3c(C)nc5ccccc53)C4)(c3ccccc3)CCN2C(=O)C(C)(C)NC(=O)C(C)(C)C)C1. The Morgan fingerprint density at radius 1 is 0.436 bits per heavy atom. The molecule has 6 fully saturated rings. The molecule has 4 aromatic carbocycles. The van der Waals surface area contributed by atoms with E-state index in [1.165, 1.54) is 11.0 Å². The van der Waals surface area contributed by atoms with E-state index in [1.54, 1.807) is 41.5 Å². The summed E-state index contributed by atoms with van der Waals surface area (Å²) in [5.41, 5.74) is -1.89. The predicted octanol–water partition coefficient (Wildman–Crippen LogP) is 13.2. The van der Waals surface area contributed by atoms with Crippen molar-refractivity contribution in [2.45, 2.75) is 284 Å². The van der Waals surface area contributed by atoms with Gasteiger partial charge in [-0.2, -0.15) is 0 Å². The van der Waals surface area contributed by atoms with Gasteiger partial charge in [-0.1, -0.05) is 147 Å². The Labute approximate surface area is 600 Å². The molecule has 544 valence electrons. The van der Waals surface area contributed by atoms with E-state index in [4.69, 9.17) is 9.97 Å². The van der Waals surface area contributed by atoms with Crippen LogP contribution in [0.25, 0.3) is 22.1 Å². The number of piperidine rings is 4. The Hall–Kier alpha value is -7.44. The Bertz CT molecular complexity index is 3800. The minimum atomic E-state index is -1.62. The van der Waals surface area contributed by atoms with Crippen molar-refractivity contribution in [1.29, 1.82) is 0 Å². The van der Waals surface area contributed by atoms with Crippen LogP contribution < -0.4 is 16.0 Å². The molecule has 2 aromatic heterocycles. The smallest absolute Gasteiger partial charge is 0.251 e. The zero-order chi connectivity index (χ0) is 72.7. The van der Waals surface area contributed by atoms with Gasteiger partial charge in [0, 0.05) is 76.4 Å². The quantitative estimate of drug-likeness (QED) is 0.0746. The first kappa shape index (κ1) is 73.3. The highest BCUT2D eigenvalue weighted by Crippen LogP contribution is 2.51. The van der Waals surface area contributed by atoms with Crippen molar-refractivity contribution < 1.29 is 28.8 Å². The number of hydrogen-bond acceptors (Lipinski definition) is 10. The van der Waals surface area contributed by atoms with Crippen molar-refractivity contribution in [3.8, 4) is 0 Å². The fourth-order valence-electron chi connectivity index (χ4n) is 18.6. The van der Waals surface area contributed by atoms with E-state index in [1.807, 2.05) is 89.1 Å². The van der Waals surface area contributed by atoms with Crippen LogP contribution in [0.3, 0.4) is 0 Å². The molecule has 18 heteroatoms. The number of benzene rings is 4. The first-order valence-electron chi connectivity index (χ1n) is 37.8. The first-order valence-corrected chi connectivity index (χ1v) is 37.8. The van der Waals surface area contributed by atoms with Crippen molar-refractivity contribution in [2.75, 3.05) is 26.2 Å². The number of fused-ring (bicyclic) bond motifs is 6. The maximum absolute atomic E-state index is 17.5. The molecule has 101 heavy (non-hydrogen) atoms. The first-order chi connectivity index (χ1) is 47.4. The van der Waals surface area contributed by atoms with Gasteiger partial charge in [0.1, 0.15) is 40.6 Å². The average Bonchev–Trinajstić information content (AvgIpc) is 1.45. The number of likely N-dealkylation sites (tertiary alicyclic amines) is 2. The van der Waals surface area contributed by atoms with Crippen LogP contribution in [0, 0.1) is 30.1 Å². The number of carbonyl (C=O) groups is 6. The van der Waals surface area contributed by atoms with E-state index >= 15 is 14.4 Å². The van der Waals surface area contributed by atoms with Crippen LogP contribution >= 0.6 is 0 Å². The standard InChI is InChI=1S/C83H116N12O6/c1-54-84-64-32-24-26-34-66(64)93(54)62-48-58-36-37-59(49-62)89(58)44-40-82(56-28-20-18-21-29-56)42-46-91(73(99)79(12,13)86-70(96)76(3,4)5)68(52-82)95(75(101)81(16,17)88-72(98)78(9,10)11)69-53-83(57-30-22-19-23-31-57,43-47-92(69)74(100)80(14,15)87-71(97)77(6,7)8)41-45-90-60-38-39-61(90)51-63(50-60)94-55(2)85-65-33-25-27-35-67(65)94/h18-35,58-63,68-69H,36-53H2,1-17H3,(H,86,96)(H,87,97)(H,88,98)/t58-,59+,60-,61+,62?,63?,68?,69?,82?,83?. The molecule has 6 saturated heterocycles. The lowest BCUT2D eigenvalue weighted by Crippen LogP contribution is -2.74. The maximum Gasteiger partial charge on any atom is 0.251 e.